The van der Waals surface area contributed by atoms with E-state index in [1.54, 1.807) is 15.9 Å². The SMILES string of the molecule is [2H]c1cc([2H])c2c(c1[2H])c1c([2H])c([2H])cc([2H])c1n2-c1c(-c2nc(-c3ccc(-c4ccccc4)cc3)nc(-c3ccc(-c4ccccc4)cc3)n2)cccc1-c1cccc2c1sc1ccccc12. The highest BCUT2D eigenvalue weighted by molar-refractivity contribution is 7.26. The molecule has 12 aromatic rings. The van der Waals surface area contributed by atoms with Gasteiger partial charge >= 0.3 is 0 Å². The molecule has 0 N–H and O–H groups in total. The van der Waals surface area contributed by atoms with Crippen molar-refractivity contribution >= 4 is 53.3 Å². The topological polar surface area (TPSA) is 43.6 Å². The molecule has 0 aliphatic carbocycles. The number of rotatable bonds is 7. The van der Waals surface area contributed by atoms with Gasteiger partial charge in [0.2, 0.25) is 0 Å². The molecule has 0 unspecified atom stereocenters. The van der Waals surface area contributed by atoms with Crippen LogP contribution in [0, 0.1) is 0 Å². The average Bonchev–Trinajstić information content (AvgIpc) is 3.95. The molecule has 0 aliphatic rings. The van der Waals surface area contributed by atoms with Crippen LogP contribution in [0.5, 0.6) is 0 Å². The number of thiophene rings is 1. The fourth-order valence-electron chi connectivity index (χ4n) is 8.52. The van der Waals surface area contributed by atoms with E-state index in [1.165, 1.54) is 12.1 Å². The first-order valence-corrected chi connectivity index (χ1v) is 21.2. The van der Waals surface area contributed by atoms with E-state index in [9.17, 15) is 5.48 Å². The molecule has 0 amide bonds. The van der Waals surface area contributed by atoms with Crippen molar-refractivity contribution in [3.8, 4) is 73.2 Å². The van der Waals surface area contributed by atoms with Gasteiger partial charge in [0.25, 0.3) is 0 Å². The number of benzene rings is 9. The Balaban J connectivity index is 1.19. The van der Waals surface area contributed by atoms with Gasteiger partial charge in [0.1, 0.15) is 0 Å². The molecule has 9 aromatic carbocycles. The van der Waals surface area contributed by atoms with Gasteiger partial charge in [-0.3, -0.25) is 0 Å². The molecule has 3 heterocycles. The largest absolute Gasteiger partial charge is 0.308 e. The number of fused-ring (bicyclic) bond motifs is 6. The van der Waals surface area contributed by atoms with E-state index in [-0.39, 0.29) is 58.1 Å². The average molecular weight is 815 g/mol. The number of hydrogen-bond donors (Lipinski definition) is 0. The zero-order valence-electron chi connectivity index (χ0n) is 39.0. The minimum atomic E-state index is -0.188. The van der Waals surface area contributed by atoms with Crippen LogP contribution in [0.4, 0.5) is 0 Å². The van der Waals surface area contributed by atoms with Crippen LogP contribution < -0.4 is 0 Å². The zero-order valence-corrected chi connectivity index (χ0v) is 33.8. The summed E-state index contributed by atoms with van der Waals surface area (Å²) in [6.07, 6.45) is 0. The Bertz CT molecular complexity index is 3790. The molecule has 0 bridgehead atoms. The third kappa shape index (κ3) is 6.09. The summed E-state index contributed by atoms with van der Waals surface area (Å²) in [7, 11) is 0. The molecule has 5 heteroatoms. The molecular formula is C57H36N4S. The van der Waals surface area contributed by atoms with Crippen LogP contribution >= 0.6 is 11.3 Å². The van der Waals surface area contributed by atoms with Gasteiger partial charge in [-0.05, 0) is 46.5 Å². The summed E-state index contributed by atoms with van der Waals surface area (Å²) < 4.78 is 58.9. The van der Waals surface area contributed by atoms with E-state index in [1.807, 2.05) is 97.1 Å². The third-order valence-corrected chi connectivity index (χ3v) is 12.7. The number of nitrogens with zero attached hydrogens (tertiary/aromatic N) is 4. The minimum absolute atomic E-state index is 0.0580. The summed E-state index contributed by atoms with van der Waals surface area (Å²) in [5.74, 6) is 1.19. The highest BCUT2D eigenvalue weighted by atomic mass is 32.1. The van der Waals surface area contributed by atoms with E-state index < -0.39 is 0 Å². The van der Waals surface area contributed by atoms with Crippen LogP contribution in [0.3, 0.4) is 0 Å². The lowest BCUT2D eigenvalue weighted by Gasteiger charge is -2.19. The molecule has 0 radical (unpaired) electrons. The predicted molar refractivity (Wildman–Crippen MR) is 260 cm³/mol. The van der Waals surface area contributed by atoms with Crippen molar-refractivity contribution in [2.45, 2.75) is 0 Å². The summed E-state index contributed by atoms with van der Waals surface area (Å²) in [6.45, 7) is 0. The lowest BCUT2D eigenvalue weighted by Crippen LogP contribution is -2.05. The molecule has 290 valence electrons. The predicted octanol–water partition coefficient (Wildman–Crippen LogP) is 15.3. The maximum atomic E-state index is 9.49. The van der Waals surface area contributed by atoms with Crippen LogP contribution in [0.1, 0.15) is 8.22 Å². The monoisotopic (exact) mass is 814 g/mol. The molecule has 0 aliphatic heterocycles. The summed E-state index contributed by atoms with van der Waals surface area (Å²) in [4.78, 5) is 15.7. The zero-order chi connectivity index (χ0) is 46.2. The van der Waals surface area contributed by atoms with Crippen molar-refractivity contribution in [3.63, 3.8) is 0 Å². The smallest absolute Gasteiger partial charge is 0.166 e. The standard InChI is InChI=1S/C57H36N4S/c1-3-15-37(16-4-1)39-29-33-41(34-30-39)55-58-56(42-35-31-40(32-36-42)38-17-5-2-6-18-38)60-57(59-55)49-25-13-22-46(48-24-14-23-47-45-21-9-12-28-52(45)62-54(47)48)53(49)61-50-26-10-7-19-43(50)44-20-8-11-27-51(44)61/h1-36H/i7D,8D,19D,20D,26D,27D. The van der Waals surface area contributed by atoms with Crippen LogP contribution in [-0.2, 0) is 0 Å². The van der Waals surface area contributed by atoms with Gasteiger partial charge in [-0.15, -0.1) is 11.3 Å². The van der Waals surface area contributed by atoms with Crippen LogP contribution in [0.25, 0.3) is 115 Å². The molecule has 0 spiro atoms. The highest BCUT2D eigenvalue weighted by Gasteiger charge is 2.24. The fourth-order valence-corrected chi connectivity index (χ4v) is 9.75. The second-order valence-corrected chi connectivity index (χ2v) is 16.1. The third-order valence-electron chi connectivity index (χ3n) is 11.5. The summed E-state index contributed by atoms with van der Waals surface area (Å²) >= 11 is 1.68. The van der Waals surface area contributed by atoms with Gasteiger partial charge in [0.05, 0.1) is 24.9 Å². The lowest BCUT2D eigenvalue weighted by atomic mass is 9.97. The van der Waals surface area contributed by atoms with E-state index in [2.05, 4.69) is 72.8 Å². The normalized spacial score (nSPS) is 12.9. The first kappa shape index (κ1) is 30.1. The van der Waals surface area contributed by atoms with Crippen molar-refractivity contribution in [1.82, 2.24) is 19.5 Å². The first-order chi connectivity index (χ1) is 33.2. The Labute approximate surface area is 371 Å². The first-order valence-electron chi connectivity index (χ1n) is 23.4. The highest BCUT2D eigenvalue weighted by Crippen LogP contribution is 2.46. The van der Waals surface area contributed by atoms with Crippen molar-refractivity contribution in [2.75, 3.05) is 0 Å². The number of hydrogen-bond acceptors (Lipinski definition) is 4. The van der Waals surface area contributed by atoms with Gasteiger partial charge in [0, 0.05) is 58.8 Å². The number of aromatic nitrogens is 4. The maximum absolute atomic E-state index is 9.49. The van der Waals surface area contributed by atoms with E-state index in [0.717, 1.165) is 64.7 Å². The molecule has 0 fully saturated rings. The van der Waals surface area contributed by atoms with Crippen molar-refractivity contribution in [1.29, 1.82) is 0 Å². The summed E-state index contributed by atoms with van der Waals surface area (Å²) in [5.41, 5.74) is 8.99. The Kier molecular flexibility index (Phi) is 7.25. The Hall–Kier alpha value is -7.99. The molecular weight excluding hydrogens is 773 g/mol. The maximum Gasteiger partial charge on any atom is 0.166 e. The molecule has 3 aromatic heterocycles. The van der Waals surface area contributed by atoms with Crippen LogP contribution in [0.15, 0.2) is 218 Å². The van der Waals surface area contributed by atoms with Gasteiger partial charge < -0.3 is 4.57 Å². The van der Waals surface area contributed by atoms with Gasteiger partial charge in [0.15, 0.2) is 17.5 Å². The minimum Gasteiger partial charge on any atom is -0.308 e. The Morgan fingerprint density at radius 3 is 1.44 bits per heavy atom. The summed E-state index contributed by atoms with van der Waals surface area (Å²) in [5, 5.41) is 2.53. The fraction of sp³-hybridized carbons (Fsp3) is 0. The summed E-state index contributed by atoms with van der Waals surface area (Å²) in [6, 6.07) is 58.8. The van der Waals surface area contributed by atoms with Gasteiger partial charge in [-0.2, -0.15) is 0 Å². The molecule has 0 atom stereocenters. The van der Waals surface area contributed by atoms with E-state index in [4.69, 9.17) is 17.7 Å². The van der Waals surface area contributed by atoms with Crippen molar-refractivity contribution in [2.24, 2.45) is 0 Å². The van der Waals surface area contributed by atoms with Crippen LogP contribution in [-0.4, -0.2) is 19.5 Å². The van der Waals surface area contributed by atoms with Crippen molar-refractivity contribution in [3.05, 3.63) is 218 Å². The second kappa shape index (κ2) is 14.9. The Morgan fingerprint density at radius 1 is 0.355 bits per heavy atom. The van der Waals surface area contributed by atoms with E-state index in [0.29, 0.717) is 28.7 Å². The second-order valence-electron chi connectivity index (χ2n) is 15.1. The molecule has 12 rings (SSSR count). The Morgan fingerprint density at radius 2 is 0.823 bits per heavy atom. The van der Waals surface area contributed by atoms with E-state index >= 15 is 0 Å². The molecule has 0 saturated carbocycles. The van der Waals surface area contributed by atoms with Gasteiger partial charge in [-0.1, -0.05) is 194 Å². The lowest BCUT2D eigenvalue weighted by molar-refractivity contribution is 1.06. The molecule has 0 saturated heterocycles. The van der Waals surface area contributed by atoms with Crippen LogP contribution in [0.2, 0.25) is 0 Å². The number of para-hydroxylation sites is 3. The molecule has 62 heavy (non-hydrogen) atoms. The quantitative estimate of drug-likeness (QED) is 0.161. The van der Waals surface area contributed by atoms with Crippen molar-refractivity contribution < 1.29 is 8.22 Å². The molecule has 4 nitrogen and oxygen atoms in total. The van der Waals surface area contributed by atoms with Gasteiger partial charge in [-0.25, -0.2) is 15.0 Å².